The second-order valence-corrected chi connectivity index (χ2v) is 7.87. The highest BCUT2D eigenvalue weighted by molar-refractivity contribution is 5.81. The van der Waals surface area contributed by atoms with Crippen molar-refractivity contribution in [2.24, 2.45) is 5.92 Å². The van der Waals surface area contributed by atoms with Crippen molar-refractivity contribution in [1.29, 1.82) is 0 Å². The van der Waals surface area contributed by atoms with Crippen LogP contribution in [0.1, 0.15) is 36.4 Å². The Morgan fingerprint density at radius 2 is 2.14 bits per heavy atom. The number of hydrogen-bond donors (Lipinski definition) is 2. The first kappa shape index (κ1) is 18.7. The summed E-state index contributed by atoms with van der Waals surface area (Å²) in [5.41, 5.74) is 11.3. The molecule has 7 heteroatoms. The van der Waals surface area contributed by atoms with Crippen LogP contribution in [0.5, 0.6) is 5.75 Å². The molecule has 0 spiro atoms. The zero-order chi connectivity index (χ0) is 19.7. The lowest BCUT2D eigenvalue weighted by molar-refractivity contribution is 0.356. The summed E-state index contributed by atoms with van der Waals surface area (Å²) < 4.78 is 7.92. The Morgan fingerprint density at radius 3 is 2.96 bits per heavy atom. The summed E-state index contributed by atoms with van der Waals surface area (Å²) in [6, 6.07) is 4.40. The van der Waals surface area contributed by atoms with Gasteiger partial charge in [-0.25, -0.2) is 15.0 Å². The first-order valence-electron chi connectivity index (χ1n) is 9.94. The highest BCUT2D eigenvalue weighted by Crippen LogP contribution is 2.30. The fourth-order valence-corrected chi connectivity index (χ4v) is 3.70. The predicted octanol–water partition coefficient (Wildman–Crippen LogP) is 2.49. The van der Waals surface area contributed by atoms with Gasteiger partial charge in [0.25, 0.3) is 0 Å². The van der Waals surface area contributed by atoms with E-state index in [9.17, 15) is 0 Å². The van der Waals surface area contributed by atoms with Crippen molar-refractivity contribution in [3.63, 3.8) is 0 Å². The first-order chi connectivity index (χ1) is 13.5. The standard InChI is InChI=1S/C21H28N6O/c1-13(2)11-23-5-6-27-18(26-19-20(22)24-12-25-21(19)27)10-16-9-17-15(4-7-28-17)8-14(16)3/h8-9,12-13,23H,4-7,10-11H2,1-3H3,(H2,22,24,25). The lowest BCUT2D eigenvalue weighted by atomic mass is 10.0. The first-order valence-corrected chi connectivity index (χ1v) is 9.94. The molecule has 0 aliphatic carbocycles. The van der Waals surface area contributed by atoms with Crippen LogP contribution >= 0.6 is 0 Å². The van der Waals surface area contributed by atoms with Gasteiger partial charge < -0.3 is 20.4 Å². The fourth-order valence-electron chi connectivity index (χ4n) is 3.70. The molecule has 1 aliphatic rings. The topological polar surface area (TPSA) is 90.9 Å². The van der Waals surface area contributed by atoms with E-state index in [4.69, 9.17) is 15.5 Å². The maximum Gasteiger partial charge on any atom is 0.165 e. The molecule has 0 saturated carbocycles. The van der Waals surface area contributed by atoms with Crippen LogP contribution in [-0.2, 0) is 19.4 Å². The van der Waals surface area contributed by atoms with Crippen LogP contribution in [0.25, 0.3) is 11.2 Å². The number of hydrogen-bond acceptors (Lipinski definition) is 6. The number of benzene rings is 1. The molecular formula is C21H28N6O. The second kappa shape index (κ2) is 7.75. The summed E-state index contributed by atoms with van der Waals surface area (Å²) in [6.45, 7) is 9.96. The summed E-state index contributed by atoms with van der Waals surface area (Å²) in [5, 5.41) is 3.50. The van der Waals surface area contributed by atoms with Gasteiger partial charge in [0, 0.05) is 25.9 Å². The van der Waals surface area contributed by atoms with Crippen LogP contribution in [0.4, 0.5) is 5.82 Å². The molecular weight excluding hydrogens is 352 g/mol. The van der Waals surface area contributed by atoms with Crippen molar-refractivity contribution in [2.75, 3.05) is 25.4 Å². The summed E-state index contributed by atoms with van der Waals surface area (Å²) in [6.07, 6.45) is 3.21. The van der Waals surface area contributed by atoms with Crippen molar-refractivity contribution in [2.45, 2.75) is 40.2 Å². The molecule has 0 radical (unpaired) electrons. The average Bonchev–Trinajstić information content (AvgIpc) is 3.24. The minimum Gasteiger partial charge on any atom is -0.493 e. The highest BCUT2D eigenvalue weighted by Gasteiger charge is 2.18. The van der Waals surface area contributed by atoms with Crippen LogP contribution in [0.2, 0.25) is 0 Å². The normalized spacial score (nSPS) is 13.3. The molecule has 0 fully saturated rings. The van der Waals surface area contributed by atoms with E-state index < -0.39 is 0 Å². The summed E-state index contributed by atoms with van der Waals surface area (Å²) in [7, 11) is 0. The smallest absolute Gasteiger partial charge is 0.165 e. The SMILES string of the molecule is Cc1cc2c(cc1Cc1nc3c(N)ncnc3n1CCNCC(C)C)OCC2. The van der Waals surface area contributed by atoms with E-state index in [1.54, 1.807) is 0 Å². The number of rotatable bonds is 7. The van der Waals surface area contributed by atoms with Gasteiger partial charge in [0.1, 0.15) is 17.9 Å². The maximum atomic E-state index is 6.07. The van der Waals surface area contributed by atoms with Gasteiger partial charge in [-0.15, -0.1) is 0 Å². The van der Waals surface area contributed by atoms with Crippen molar-refractivity contribution < 1.29 is 4.74 Å². The number of imidazole rings is 1. The van der Waals surface area contributed by atoms with E-state index in [1.165, 1.54) is 23.0 Å². The number of nitrogens with one attached hydrogen (secondary N) is 1. The van der Waals surface area contributed by atoms with Crippen LogP contribution in [-0.4, -0.2) is 39.2 Å². The molecule has 1 aliphatic heterocycles. The van der Waals surface area contributed by atoms with Crippen LogP contribution < -0.4 is 15.8 Å². The Hall–Kier alpha value is -2.67. The molecule has 3 aromatic rings. The Labute approximate surface area is 165 Å². The molecule has 0 unspecified atom stereocenters. The largest absolute Gasteiger partial charge is 0.493 e. The third-order valence-corrected chi connectivity index (χ3v) is 5.20. The third kappa shape index (κ3) is 3.67. The van der Waals surface area contributed by atoms with Gasteiger partial charge in [0.05, 0.1) is 6.61 Å². The van der Waals surface area contributed by atoms with Crippen LogP contribution in [0, 0.1) is 12.8 Å². The zero-order valence-electron chi connectivity index (χ0n) is 16.8. The second-order valence-electron chi connectivity index (χ2n) is 7.87. The number of nitrogen functional groups attached to an aromatic ring is 1. The number of ether oxygens (including phenoxy) is 1. The molecule has 2 aromatic heterocycles. The van der Waals surface area contributed by atoms with Gasteiger partial charge in [-0.2, -0.15) is 0 Å². The maximum absolute atomic E-state index is 6.07. The molecule has 0 atom stereocenters. The molecule has 3 heterocycles. The number of aromatic nitrogens is 4. The molecule has 1 aromatic carbocycles. The van der Waals surface area contributed by atoms with E-state index in [-0.39, 0.29) is 0 Å². The van der Waals surface area contributed by atoms with Gasteiger partial charge in [0.15, 0.2) is 17.0 Å². The van der Waals surface area contributed by atoms with Gasteiger partial charge in [-0.05, 0) is 42.1 Å². The Morgan fingerprint density at radius 1 is 1.29 bits per heavy atom. The third-order valence-electron chi connectivity index (χ3n) is 5.20. The number of nitrogens with two attached hydrogens (primary N) is 1. The Balaban J connectivity index is 1.66. The molecule has 148 valence electrons. The van der Waals surface area contributed by atoms with Gasteiger partial charge in [-0.1, -0.05) is 19.9 Å². The number of fused-ring (bicyclic) bond motifs is 2. The van der Waals surface area contributed by atoms with E-state index in [1.807, 2.05) is 0 Å². The minimum absolute atomic E-state index is 0.425. The zero-order valence-corrected chi connectivity index (χ0v) is 16.8. The molecule has 3 N–H and O–H groups in total. The van der Waals surface area contributed by atoms with Crippen molar-refractivity contribution >= 4 is 17.0 Å². The average molecular weight is 380 g/mol. The van der Waals surface area contributed by atoms with E-state index in [0.717, 1.165) is 49.9 Å². The quantitative estimate of drug-likeness (QED) is 0.612. The number of anilines is 1. The monoisotopic (exact) mass is 380 g/mol. The lowest BCUT2D eigenvalue weighted by Gasteiger charge is -2.13. The fraction of sp³-hybridized carbons (Fsp3) is 0.476. The Bertz CT molecular complexity index is 994. The van der Waals surface area contributed by atoms with Crippen molar-refractivity contribution in [3.05, 3.63) is 41.0 Å². The lowest BCUT2D eigenvalue weighted by Crippen LogP contribution is -2.24. The summed E-state index contributed by atoms with van der Waals surface area (Å²) >= 11 is 0. The molecule has 4 rings (SSSR count). The Kier molecular flexibility index (Phi) is 5.17. The summed E-state index contributed by atoms with van der Waals surface area (Å²) in [4.78, 5) is 13.4. The molecule has 0 saturated heterocycles. The molecule has 0 amide bonds. The van der Waals surface area contributed by atoms with Gasteiger partial charge in [-0.3, -0.25) is 0 Å². The number of nitrogens with zero attached hydrogens (tertiary/aromatic N) is 4. The van der Waals surface area contributed by atoms with E-state index in [0.29, 0.717) is 23.7 Å². The molecule has 28 heavy (non-hydrogen) atoms. The van der Waals surface area contributed by atoms with Crippen LogP contribution in [0.3, 0.4) is 0 Å². The van der Waals surface area contributed by atoms with Crippen molar-refractivity contribution in [1.82, 2.24) is 24.8 Å². The molecule has 0 bridgehead atoms. The van der Waals surface area contributed by atoms with Gasteiger partial charge >= 0.3 is 0 Å². The highest BCUT2D eigenvalue weighted by atomic mass is 16.5. The summed E-state index contributed by atoms with van der Waals surface area (Å²) in [5.74, 6) is 3.00. The van der Waals surface area contributed by atoms with Crippen molar-refractivity contribution in [3.8, 4) is 5.75 Å². The van der Waals surface area contributed by atoms with Gasteiger partial charge in [0.2, 0.25) is 0 Å². The molecule has 7 nitrogen and oxygen atoms in total. The van der Waals surface area contributed by atoms with E-state index >= 15 is 0 Å². The van der Waals surface area contributed by atoms with E-state index in [2.05, 4.69) is 52.8 Å². The minimum atomic E-state index is 0.425. The predicted molar refractivity (Wildman–Crippen MR) is 111 cm³/mol. The number of aryl methyl sites for hydroxylation is 1. The van der Waals surface area contributed by atoms with Crippen LogP contribution in [0.15, 0.2) is 18.5 Å².